The highest BCUT2D eigenvalue weighted by molar-refractivity contribution is 5.89. The molecule has 0 fully saturated rings. The van der Waals surface area contributed by atoms with Crippen molar-refractivity contribution < 1.29 is 9.53 Å². The van der Waals surface area contributed by atoms with E-state index in [4.69, 9.17) is 11.3 Å². The van der Waals surface area contributed by atoms with Crippen LogP contribution in [0.4, 0.5) is 10.5 Å². The van der Waals surface area contributed by atoms with E-state index in [1.165, 1.54) is 4.68 Å². The van der Waals surface area contributed by atoms with Crippen LogP contribution in [0.2, 0.25) is 0 Å². The minimum Gasteiger partial charge on any atom is -0.443 e. The molecule has 0 aliphatic rings. The van der Waals surface area contributed by atoms with Crippen LogP contribution >= 0.6 is 0 Å². The van der Waals surface area contributed by atoms with Gasteiger partial charge in [-0.2, -0.15) is 9.78 Å². The molecule has 1 heterocycles. The molecule has 0 radical (unpaired) electrons. The first kappa shape index (κ1) is 12.9. The third kappa shape index (κ3) is 2.60. The van der Waals surface area contributed by atoms with Crippen LogP contribution < -0.4 is 0 Å². The number of hydrogen-bond acceptors (Lipinski definition) is 3. The summed E-state index contributed by atoms with van der Waals surface area (Å²) >= 11 is 0. The van der Waals surface area contributed by atoms with E-state index in [0.717, 1.165) is 10.9 Å². The summed E-state index contributed by atoms with van der Waals surface area (Å²) in [6, 6.07) is 14.5. The van der Waals surface area contributed by atoms with E-state index < -0.39 is 6.09 Å². The third-order valence-corrected chi connectivity index (χ3v) is 3.06. The van der Waals surface area contributed by atoms with Crippen molar-refractivity contribution >= 4 is 22.7 Å². The maximum atomic E-state index is 12.1. The van der Waals surface area contributed by atoms with Gasteiger partial charge in [-0.3, -0.25) is 0 Å². The van der Waals surface area contributed by atoms with Crippen LogP contribution in [-0.4, -0.2) is 15.9 Å². The van der Waals surface area contributed by atoms with Crippen molar-refractivity contribution in [2.75, 3.05) is 0 Å². The lowest BCUT2D eigenvalue weighted by molar-refractivity contribution is 0.139. The predicted octanol–water partition coefficient (Wildman–Crippen LogP) is 3.77. The fraction of sp³-hybridized carbons (Fsp3) is 0.0625. The Bertz CT molecular complexity index is 832. The summed E-state index contributed by atoms with van der Waals surface area (Å²) in [6.07, 6.45) is 1.02. The van der Waals surface area contributed by atoms with Crippen molar-refractivity contribution in [3.8, 4) is 0 Å². The van der Waals surface area contributed by atoms with E-state index >= 15 is 0 Å². The van der Waals surface area contributed by atoms with Crippen molar-refractivity contribution in [1.29, 1.82) is 0 Å². The number of rotatable bonds is 2. The standard InChI is InChI=1S/C16H11N3O2/c1-17-14-8-7-13-10-18-19(15(13)9-14)16(20)21-11-12-5-3-2-4-6-12/h2-10H,11H2. The third-order valence-electron chi connectivity index (χ3n) is 3.06. The second-order valence-corrected chi connectivity index (χ2v) is 4.45. The zero-order valence-electron chi connectivity index (χ0n) is 11.1. The number of carbonyl (C=O) groups is 1. The summed E-state index contributed by atoms with van der Waals surface area (Å²) in [6.45, 7) is 7.21. The number of nitrogens with zero attached hydrogens (tertiary/aromatic N) is 3. The van der Waals surface area contributed by atoms with Crippen LogP contribution in [0.25, 0.3) is 15.7 Å². The number of ether oxygens (including phenoxy) is 1. The normalized spacial score (nSPS) is 10.2. The maximum absolute atomic E-state index is 12.1. The fourth-order valence-electron chi connectivity index (χ4n) is 2.00. The van der Waals surface area contributed by atoms with Gasteiger partial charge in [0.1, 0.15) is 6.61 Å². The van der Waals surface area contributed by atoms with Crippen LogP contribution in [0, 0.1) is 6.57 Å². The molecule has 1 aromatic heterocycles. The van der Waals surface area contributed by atoms with Gasteiger partial charge < -0.3 is 4.74 Å². The molecular weight excluding hydrogens is 266 g/mol. The Morgan fingerprint density at radius 2 is 2.05 bits per heavy atom. The average Bonchev–Trinajstić information content (AvgIpc) is 2.96. The SMILES string of the molecule is [C-]#[N+]c1ccc2cnn(C(=O)OCc3ccccc3)c2c1. The molecule has 0 bridgehead atoms. The highest BCUT2D eigenvalue weighted by Gasteiger charge is 2.12. The van der Waals surface area contributed by atoms with Crippen LogP contribution in [-0.2, 0) is 11.3 Å². The van der Waals surface area contributed by atoms with E-state index in [-0.39, 0.29) is 6.61 Å². The Hall–Kier alpha value is -3.13. The molecule has 0 unspecified atom stereocenters. The monoisotopic (exact) mass is 277 g/mol. The molecule has 0 atom stereocenters. The number of benzene rings is 2. The largest absolute Gasteiger partial charge is 0.443 e. The van der Waals surface area contributed by atoms with Gasteiger partial charge in [-0.25, -0.2) is 9.64 Å². The van der Waals surface area contributed by atoms with Gasteiger partial charge >= 0.3 is 6.09 Å². The lowest BCUT2D eigenvalue weighted by atomic mass is 10.2. The molecule has 0 aliphatic carbocycles. The van der Waals surface area contributed by atoms with Crippen LogP contribution in [0.5, 0.6) is 0 Å². The molecule has 0 spiro atoms. The van der Waals surface area contributed by atoms with Crippen LogP contribution in [0.3, 0.4) is 0 Å². The van der Waals surface area contributed by atoms with E-state index in [1.807, 2.05) is 30.3 Å². The maximum Gasteiger partial charge on any atom is 0.435 e. The van der Waals surface area contributed by atoms with Gasteiger partial charge in [0.05, 0.1) is 18.3 Å². The highest BCUT2D eigenvalue weighted by atomic mass is 16.6. The Morgan fingerprint density at radius 1 is 1.24 bits per heavy atom. The van der Waals surface area contributed by atoms with Gasteiger partial charge in [-0.15, -0.1) is 0 Å². The summed E-state index contributed by atoms with van der Waals surface area (Å²) < 4.78 is 6.41. The minimum atomic E-state index is -0.559. The van der Waals surface area contributed by atoms with Crippen molar-refractivity contribution in [3.05, 3.63) is 71.7 Å². The van der Waals surface area contributed by atoms with Gasteiger partial charge in [0.15, 0.2) is 5.69 Å². The van der Waals surface area contributed by atoms with E-state index in [1.54, 1.807) is 24.4 Å². The molecule has 21 heavy (non-hydrogen) atoms. The molecular formula is C16H11N3O2. The van der Waals surface area contributed by atoms with E-state index in [9.17, 15) is 4.79 Å². The van der Waals surface area contributed by atoms with E-state index in [0.29, 0.717) is 11.2 Å². The average molecular weight is 277 g/mol. The first-order valence-corrected chi connectivity index (χ1v) is 6.34. The molecule has 102 valence electrons. The second-order valence-electron chi connectivity index (χ2n) is 4.45. The summed E-state index contributed by atoms with van der Waals surface area (Å²) in [4.78, 5) is 15.4. The Labute approximate surface area is 121 Å². The van der Waals surface area contributed by atoms with Crippen LogP contribution in [0.15, 0.2) is 54.7 Å². The highest BCUT2D eigenvalue weighted by Crippen LogP contribution is 2.21. The molecule has 3 rings (SSSR count). The van der Waals surface area contributed by atoms with Crippen LogP contribution in [0.1, 0.15) is 5.56 Å². The Kier molecular flexibility index (Phi) is 3.36. The summed E-state index contributed by atoms with van der Waals surface area (Å²) in [5.74, 6) is 0. The quantitative estimate of drug-likeness (QED) is 0.670. The molecule has 5 heteroatoms. The van der Waals surface area contributed by atoms with Gasteiger partial charge in [0.25, 0.3) is 0 Å². The van der Waals surface area contributed by atoms with Crippen molar-refractivity contribution in [2.24, 2.45) is 0 Å². The summed E-state index contributed by atoms with van der Waals surface area (Å²) in [7, 11) is 0. The minimum absolute atomic E-state index is 0.184. The molecule has 0 N–H and O–H groups in total. The fourth-order valence-corrected chi connectivity index (χ4v) is 2.00. The number of aromatic nitrogens is 2. The molecule has 0 aliphatic heterocycles. The van der Waals surface area contributed by atoms with E-state index in [2.05, 4.69) is 9.94 Å². The number of hydrogen-bond donors (Lipinski definition) is 0. The molecule has 5 nitrogen and oxygen atoms in total. The lowest BCUT2D eigenvalue weighted by Crippen LogP contribution is -2.14. The smallest absolute Gasteiger partial charge is 0.435 e. The zero-order valence-corrected chi connectivity index (χ0v) is 11.1. The van der Waals surface area contributed by atoms with Gasteiger partial charge in [0, 0.05) is 5.39 Å². The predicted molar refractivity (Wildman–Crippen MR) is 78.0 cm³/mol. The summed E-state index contributed by atoms with van der Waals surface area (Å²) in [5, 5.41) is 4.81. The van der Waals surface area contributed by atoms with Gasteiger partial charge in [0.2, 0.25) is 0 Å². The first-order valence-electron chi connectivity index (χ1n) is 6.34. The Morgan fingerprint density at radius 3 is 2.81 bits per heavy atom. The topological polar surface area (TPSA) is 48.5 Å². The second kappa shape index (κ2) is 5.47. The molecule has 0 saturated heterocycles. The lowest BCUT2D eigenvalue weighted by Gasteiger charge is -2.05. The molecule has 0 amide bonds. The zero-order chi connectivity index (χ0) is 14.7. The molecule has 3 aromatic rings. The summed E-state index contributed by atoms with van der Waals surface area (Å²) in [5.41, 5.74) is 1.94. The Balaban J connectivity index is 1.83. The van der Waals surface area contributed by atoms with Gasteiger partial charge in [-0.1, -0.05) is 42.5 Å². The first-order chi connectivity index (χ1) is 10.3. The molecule has 0 saturated carbocycles. The van der Waals surface area contributed by atoms with Crippen molar-refractivity contribution in [2.45, 2.75) is 6.61 Å². The molecule has 2 aromatic carbocycles. The number of carbonyl (C=O) groups excluding carboxylic acids is 1. The number of fused-ring (bicyclic) bond motifs is 1. The van der Waals surface area contributed by atoms with Crippen molar-refractivity contribution in [3.63, 3.8) is 0 Å². The van der Waals surface area contributed by atoms with Crippen molar-refractivity contribution in [1.82, 2.24) is 9.78 Å². The van der Waals surface area contributed by atoms with Gasteiger partial charge in [-0.05, 0) is 11.6 Å².